The molecule has 1 aliphatic rings. The zero-order valence-corrected chi connectivity index (χ0v) is 15.9. The lowest BCUT2D eigenvalue weighted by molar-refractivity contribution is 0.0232. The SMILES string of the molecule is CC(C)CCS(=O)(=O)NCCCN(C(=O)OC(C)(C)C)C1CC1. The summed E-state index contributed by atoms with van der Waals surface area (Å²) in [6.07, 6.45) is 2.94. The fourth-order valence-electron chi connectivity index (χ4n) is 2.07. The lowest BCUT2D eigenvalue weighted by atomic mass is 10.2. The van der Waals surface area contributed by atoms with Gasteiger partial charge in [-0.1, -0.05) is 13.8 Å². The van der Waals surface area contributed by atoms with Crippen LogP contribution in [0.25, 0.3) is 0 Å². The summed E-state index contributed by atoms with van der Waals surface area (Å²) in [5.41, 5.74) is -0.511. The molecule has 0 radical (unpaired) electrons. The van der Waals surface area contributed by atoms with E-state index in [1.165, 1.54) is 0 Å². The molecule has 0 spiro atoms. The highest BCUT2D eigenvalue weighted by Gasteiger charge is 2.34. The van der Waals surface area contributed by atoms with Crippen molar-refractivity contribution in [1.29, 1.82) is 0 Å². The Hall–Kier alpha value is -0.820. The molecule has 23 heavy (non-hydrogen) atoms. The zero-order valence-electron chi connectivity index (χ0n) is 15.1. The molecular formula is C16H32N2O4S. The second-order valence-electron chi connectivity index (χ2n) is 7.65. The van der Waals surface area contributed by atoms with Crippen LogP contribution >= 0.6 is 0 Å². The monoisotopic (exact) mass is 348 g/mol. The predicted molar refractivity (Wildman–Crippen MR) is 91.8 cm³/mol. The number of hydrogen-bond acceptors (Lipinski definition) is 4. The third-order valence-corrected chi connectivity index (χ3v) is 4.89. The average molecular weight is 349 g/mol. The molecular weight excluding hydrogens is 316 g/mol. The Balaban J connectivity index is 2.35. The number of carbonyl (C=O) groups is 1. The second kappa shape index (κ2) is 8.33. The predicted octanol–water partition coefficient (Wildman–Crippen LogP) is 2.74. The largest absolute Gasteiger partial charge is 0.444 e. The Morgan fingerprint density at radius 1 is 1.30 bits per heavy atom. The van der Waals surface area contributed by atoms with Crippen molar-refractivity contribution in [3.05, 3.63) is 0 Å². The van der Waals surface area contributed by atoms with Gasteiger partial charge in [-0.25, -0.2) is 17.9 Å². The number of ether oxygens (including phenoxy) is 1. The van der Waals surface area contributed by atoms with Crippen molar-refractivity contribution in [3.8, 4) is 0 Å². The Morgan fingerprint density at radius 3 is 2.39 bits per heavy atom. The molecule has 0 unspecified atom stereocenters. The van der Waals surface area contributed by atoms with Crippen LogP contribution in [0.4, 0.5) is 4.79 Å². The number of carbonyl (C=O) groups excluding carboxylic acids is 1. The summed E-state index contributed by atoms with van der Waals surface area (Å²) in [6, 6.07) is 0.252. The normalized spacial score (nSPS) is 15.7. The van der Waals surface area contributed by atoms with E-state index in [0.717, 1.165) is 12.8 Å². The van der Waals surface area contributed by atoms with Crippen molar-refractivity contribution < 1.29 is 17.9 Å². The van der Waals surface area contributed by atoms with Crippen molar-refractivity contribution in [2.75, 3.05) is 18.8 Å². The molecule has 6 nitrogen and oxygen atoms in total. The summed E-state index contributed by atoms with van der Waals surface area (Å²) < 4.78 is 31.7. The fraction of sp³-hybridized carbons (Fsp3) is 0.938. The maximum Gasteiger partial charge on any atom is 0.410 e. The summed E-state index contributed by atoms with van der Waals surface area (Å²) in [4.78, 5) is 13.9. The van der Waals surface area contributed by atoms with Crippen molar-refractivity contribution in [2.45, 2.75) is 71.9 Å². The van der Waals surface area contributed by atoms with Crippen molar-refractivity contribution in [1.82, 2.24) is 9.62 Å². The van der Waals surface area contributed by atoms with Crippen LogP contribution in [0.5, 0.6) is 0 Å². The van der Waals surface area contributed by atoms with Gasteiger partial charge in [0.25, 0.3) is 0 Å². The van der Waals surface area contributed by atoms with Crippen LogP contribution in [0.3, 0.4) is 0 Å². The van der Waals surface area contributed by atoms with Gasteiger partial charge in [0.05, 0.1) is 5.75 Å². The van der Waals surface area contributed by atoms with E-state index in [9.17, 15) is 13.2 Å². The van der Waals surface area contributed by atoms with E-state index < -0.39 is 15.6 Å². The number of nitrogens with one attached hydrogen (secondary N) is 1. The lowest BCUT2D eigenvalue weighted by Gasteiger charge is -2.27. The zero-order chi connectivity index (χ0) is 17.7. The van der Waals surface area contributed by atoms with Crippen LogP contribution in [0, 0.1) is 5.92 Å². The highest BCUT2D eigenvalue weighted by Crippen LogP contribution is 2.28. The molecule has 0 aliphatic heterocycles. The Morgan fingerprint density at radius 2 is 1.91 bits per heavy atom. The third-order valence-electron chi connectivity index (χ3n) is 3.48. The van der Waals surface area contributed by atoms with Gasteiger partial charge in [-0.3, -0.25) is 0 Å². The molecule has 1 fully saturated rings. The van der Waals surface area contributed by atoms with Crippen molar-refractivity contribution in [3.63, 3.8) is 0 Å². The highest BCUT2D eigenvalue weighted by atomic mass is 32.2. The molecule has 0 aromatic heterocycles. The number of sulfonamides is 1. The van der Waals surface area contributed by atoms with Gasteiger partial charge in [0.1, 0.15) is 5.60 Å². The molecule has 0 bridgehead atoms. The van der Waals surface area contributed by atoms with Gasteiger partial charge >= 0.3 is 6.09 Å². The van der Waals surface area contributed by atoms with Crippen LogP contribution < -0.4 is 4.72 Å². The molecule has 1 rings (SSSR count). The van der Waals surface area contributed by atoms with Gasteiger partial charge in [-0.05, 0) is 52.4 Å². The summed E-state index contributed by atoms with van der Waals surface area (Å²) in [5.74, 6) is 0.521. The van der Waals surface area contributed by atoms with E-state index in [4.69, 9.17) is 4.74 Å². The molecule has 0 aromatic rings. The average Bonchev–Trinajstić information content (AvgIpc) is 3.18. The smallest absolute Gasteiger partial charge is 0.410 e. The Bertz CT molecular complexity index is 479. The first kappa shape index (κ1) is 20.2. The summed E-state index contributed by atoms with van der Waals surface area (Å²) in [6.45, 7) is 10.4. The van der Waals surface area contributed by atoms with Crippen LogP contribution in [0.2, 0.25) is 0 Å². The molecule has 1 amide bonds. The van der Waals surface area contributed by atoms with Crippen LogP contribution in [-0.2, 0) is 14.8 Å². The van der Waals surface area contributed by atoms with Crippen molar-refractivity contribution >= 4 is 16.1 Å². The van der Waals surface area contributed by atoms with Gasteiger partial charge < -0.3 is 9.64 Å². The molecule has 0 aromatic carbocycles. The summed E-state index contributed by atoms with van der Waals surface area (Å²) in [5, 5.41) is 0. The minimum Gasteiger partial charge on any atom is -0.444 e. The third kappa shape index (κ3) is 9.15. The van der Waals surface area contributed by atoms with Gasteiger partial charge in [-0.2, -0.15) is 0 Å². The number of amides is 1. The van der Waals surface area contributed by atoms with E-state index in [1.807, 2.05) is 34.6 Å². The van der Waals surface area contributed by atoms with Crippen molar-refractivity contribution in [2.24, 2.45) is 5.92 Å². The first-order valence-corrected chi connectivity index (χ1v) is 10.1. The van der Waals surface area contributed by atoms with Gasteiger partial charge in [0.2, 0.25) is 10.0 Å². The highest BCUT2D eigenvalue weighted by molar-refractivity contribution is 7.89. The summed E-state index contributed by atoms with van der Waals surface area (Å²) >= 11 is 0. The maximum atomic E-state index is 12.2. The fourth-order valence-corrected chi connectivity index (χ4v) is 3.45. The summed E-state index contributed by atoms with van der Waals surface area (Å²) in [7, 11) is -3.21. The number of hydrogen-bond donors (Lipinski definition) is 1. The van der Waals surface area contributed by atoms with Gasteiger partial charge in [0, 0.05) is 19.1 Å². The molecule has 0 heterocycles. The van der Waals surface area contributed by atoms with E-state index >= 15 is 0 Å². The molecule has 7 heteroatoms. The van der Waals surface area contributed by atoms with Crippen LogP contribution in [0.1, 0.15) is 60.3 Å². The lowest BCUT2D eigenvalue weighted by Crippen LogP contribution is -2.40. The standard InChI is InChI=1S/C16H32N2O4S/c1-13(2)9-12-23(20,21)17-10-6-11-18(14-7-8-14)15(19)22-16(3,4)5/h13-14,17H,6-12H2,1-5H3. The quantitative estimate of drug-likeness (QED) is 0.650. The van der Waals surface area contributed by atoms with Gasteiger partial charge in [-0.15, -0.1) is 0 Å². The molecule has 0 atom stereocenters. The van der Waals surface area contributed by atoms with E-state index in [0.29, 0.717) is 31.8 Å². The van der Waals surface area contributed by atoms with E-state index in [-0.39, 0.29) is 17.9 Å². The minimum atomic E-state index is -3.21. The molecule has 136 valence electrons. The first-order chi connectivity index (χ1) is 10.5. The van der Waals surface area contributed by atoms with Crippen LogP contribution in [-0.4, -0.2) is 49.9 Å². The number of rotatable bonds is 9. The maximum absolute atomic E-state index is 12.2. The molecule has 1 aliphatic carbocycles. The number of nitrogens with zero attached hydrogens (tertiary/aromatic N) is 1. The van der Waals surface area contributed by atoms with E-state index in [2.05, 4.69) is 4.72 Å². The first-order valence-electron chi connectivity index (χ1n) is 8.47. The Kier molecular flexibility index (Phi) is 7.32. The van der Waals surface area contributed by atoms with Crippen LogP contribution in [0.15, 0.2) is 0 Å². The molecule has 0 saturated heterocycles. The topological polar surface area (TPSA) is 75.7 Å². The molecule has 1 N–H and O–H groups in total. The van der Waals surface area contributed by atoms with Gasteiger partial charge in [0.15, 0.2) is 0 Å². The van der Waals surface area contributed by atoms with E-state index in [1.54, 1.807) is 4.90 Å². The minimum absolute atomic E-state index is 0.156. The second-order valence-corrected chi connectivity index (χ2v) is 9.58. The Labute approximate surface area is 141 Å². The molecule has 1 saturated carbocycles.